The predicted molar refractivity (Wildman–Crippen MR) is 131 cm³/mol. The van der Waals surface area contributed by atoms with Crippen LogP contribution in [0.15, 0.2) is 41.5 Å². The Kier molecular flexibility index (Phi) is 9.64. The second kappa shape index (κ2) is 12.4. The van der Waals surface area contributed by atoms with Crippen LogP contribution in [0.3, 0.4) is 0 Å². The molecule has 1 aliphatic heterocycles. The average Bonchev–Trinajstić information content (AvgIpc) is 2.98. The molecule has 1 N–H and O–H groups in total. The van der Waals surface area contributed by atoms with Gasteiger partial charge >= 0.3 is 0 Å². The third-order valence-corrected chi connectivity index (χ3v) is 7.50. The van der Waals surface area contributed by atoms with Gasteiger partial charge in [-0.25, -0.2) is 0 Å². The molecule has 0 spiro atoms. The first-order valence-corrected chi connectivity index (χ1v) is 12.9. The van der Waals surface area contributed by atoms with E-state index in [1.807, 2.05) is 6.92 Å². The number of hydrogen-bond donors (Lipinski definition) is 1. The summed E-state index contributed by atoms with van der Waals surface area (Å²) in [4.78, 5) is 15.3. The lowest BCUT2D eigenvalue weighted by molar-refractivity contribution is -0.129. The number of nitrogens with one attached hydrogen (secondary N) is 1. The van der Waals surface area contributed by atoms with Gasteiger partial charge in [0.25, 0.3) is 5.91 Å². The number of hydrogen-bond acceptors (Lipinski definition) is 2. The van der Waals surface area contributed by atoms with E-state index >= 15 is 0 Å². The molecule has 172 valence electrons. The summed E-state index contributed by atoms with van der Waals surface area (Å²) in [6.07, 6.45) is 16.9. The molecule has 1 aromatic carbocycles. The molecule has 0 saturated heterocycles. The fourth-order valence-electron chi connectivity index (χ4n) is 5.27. The standard InChI is InChI=1S/C28H44N2O/c1-22(20-21-25-16-12-11-13-17-25)30-27(23(2)24(3)28(30)31)29-26-18-14-9-7-5-4-6-8-10-15-19-26/h11-13,16-17,22,26-27,29H,4-10,14-15,18-21H2,1-3H3/t22-,27+/m1/s1. The van der Waals surface area contributed by atoms with Gasteiger partial charge in [0.05, 0.1) is 0 Å². The smallest absolute Gasteiger partial charge is 0.251 e. The first-order chi connectivity index (χ1) is 15.1. The van der Waals surface area contributed by atoms with Crippen LogP contribution in [0.4, 0.5) is 0 Å². The normalized spacial score (nSPS) is 23.5. The number of benzene rings is 1. The van der Waals surface area contributed by atoms with E-state index in [0.717, 1.165) is 18.4 Å². The van der Waals surface area contributed by atoms with Gasteiger partial charge in [0.15, 0.2) is 0 Å². The van der Waals surface area contributed by atoms with Gasteiger partial charge in [0.1, 0.15) is 6.17 Å². The number of amides is 1. The number of carbonyl (C=O) groups excluding carboxylic acids is 1. The predicted octanol–water partition coefficient (Wildman–Crippen LogP) is 6.78. The van der Waals surface area contributed by atoms with Crippen molar-refractivity contribution in [2.45, 2.75) is 122 Å². The van der Waals surface area contributed by atoms with E-state index in [1.54, 1.807) is 0 Å². The van der Waals surface area contributed by atoms with E-state index in [4.69, 9.17) is 0 Å². The van der Waals surface area contributed by atoms with Crippen molar-refractivity contribution in [3.05, 3.63) is 47.0 Å². The summed E-state index contributed by atoms with van der Waals surface area (Å²) in [6.45, 7) is 6.39. The van der Waals surface area contributed by atoms with E-state index in [-0.39, 0.29) is 18.1 Å². The zero-order valence-corrected chi connectivity index (χ0v) is 20.2. The molecule has 0 radical (unpaired) electrons. The Hall–Kier alpha value is -1.61. The van der Waals surface area contributed by atoms with Crippen molar-refractivity contribution in [1.82, 2.24) is 10.2 Å². The van der Waals surface area contributed by atoms with Gasteiger partial charge in [0.2, 0.25) is 0 Å². The second-order valence-electron chi connectivity index (χ2n) is 9.92. The fraction of sp³-hybridized carbons (Fsp3) is 0.679. The highest BCUT2D eigenvalue weighted by molar-refractivity contribution is 5.97. The average molecular weight is 425 g/mol. The molecular formula is C28H44N2O. The van der Waals surface area contributed by atoms with Crippen LogP contribution < -0.4 is 5.32 Å². The monoisotopic (exact) mass is 424 g/mol. The van der Waals surface area contributed by atoms with Gasteiger partial charge in [0, 0.05) is 17.7 Å². The number of rotatable bonds is 6. The van der Waals surface area contributed by atoms with Crippen molar-refractivity contribution in [3.63, 3.8) is 0 Å². The minimum atomic E-state index is 0.0659. The van der Waals surface area contributed by atoms with E-state index in [0.29, 0.717) is 6.04 Å². The SMILES string of the molecule is CC1=C(C)[C@@H](NC2CCCCCCCCCCC2)N([C@H](C)CCc2ccccc2)C1=O. The lowest BCUT2D eigenvalue weighted by Crippen LogP contribution is -2.52. The third-order valence-electron chi connectivity index (χ3n) is 7.50. The van der Waals surface area contributed by atoms with Crippen LogP contribution in [0.25, 0.3) is 0 Å². The van der Waals surface area contributed by atoms with Crippen LogP contribution >= 0.6 is 0 Å². The molecule has 3 rings (SSSR count). The first kappa shape index (κ1) is 24.0. The molecule has 0 bridgehead atoms. The summed E-state index contributed by atoms with van der Waals surface area (Å²) in [5.74, 6) is 0.226. The summed E-state index contributed by atoms with van der Waals surface area (Å²) in [5, 5.41) is 3.96. The third kappa shape index (κ3) is 6.94. The number of aryl methyl sites for hydroxylation is 1. The van der Waals surface area contributed by atoms with Crippen molar-refractivity contribution in [2.24, 2.45) is 0 Å². The van der Waals surface area contributed by atoms with E-state index in [2.05, 4.69) is 54.4 Å². The molecule has 0 unspecified atom stereocenters. The van der Waals surface area contributed by atoms with Crippen LogP contribution in [0.2, 0.25) is 0 Å². The molecule has 1 heterocycles. The molecule has 1 fully saturated rings. The molecule has 1 saturated carbocycles. The van der Waals surface area contributed by atoms with Crippen molar-refractivity contribution in [1.29, 1.82) is 0 Å². The Morgan fingerprint density at radius 2 is 1.45 bits per heavy atom. The maximum absolute atomic E-state index is 13.2. The lowest BCUT2D eigenvalue weighted by atomic mass is 9.97. The van der Waals surface area contributed by atoms with Crippen molar-refractivity contribution < 1.29 is 4.79 Å². The molecule has 2 atom stereocenters. The Morgan fingerprint density at radius 3 is 2.03 bits per heavy atom. The summed E-state index contributed by atoms with van der Waals surface area (Å²) in [6, 6.07) is 11.4. The molecule has 1 aromatic rings. The van der Waals surface area contributed by atoms with Crippen molar-refractivity contribution in [3.8, 4) is 0 Å². The Morgan fingerprint density at radius 1 is 0.903 bits per heavy atom. The Labute approximate surface area is 190 Å². The van der Waals surface area contributed by atoms with Gasteiger partial charge in [-0.1, -0.05) is 88.1 Å². The van der Waals surface area contributed by atoms with Crippen LogP contribution in [0.5, 0.6) is 0 Å². The van der Waals surface area contributed by atoms with Gasteiger partial charge < -0.3 is 4.90 Å². The van der Waals surface area contributed by atoms with Crippen LogP contribution in [-0.4, -0.2) is 29.1 Å². The molecular weight excluding hydrogens is 380 g/mol. The minimum absolute atomic E-state index is 0.0659. The molecule has 0 aromatic heterocycles. The van der Waals surface area contributed by atoms with E-state index in [1.165, 1.54) is 81.8 Å². The molecule has 3 nitrogen and oxygen atoms in total. The van der Waals surface area contributed by atoms with Crippen LogP contribution in [0, 0.1) is 0 Å². The number of nitrogens with zero attached hydrogens (tertiary/aromatic N) is 1. The maximum atomic E-state index is 13.2. The molecule has 1 amide bonds. The zero-order valence-electron chi connectivity index (χ0n) is 20.2. The topological polar surface area (TPSA) is 32.3 Å². The number of carbonyl (C=O) groups is 1. The van der Waals surface area contributed by atoms with Gasteiger partial charge in [-0.3, -0.25) is 10.1 Å². The van der Waals surface area contributed by atoms with E-state index in [9.17, 15) is 4.79 Å². The van der Waals surface area contributed by atoms with Crippen molar-refractivity contribution in [2.75, 3.05) is 0 Å². The van der Waals surface area contributed by atoms with Gasteiger partial charge in [-0.15, -0.1) is 0 Å². The second-order valence-corrected chi connectivity index (χ2v) is 9.92. The lowest BCUT2D eigenvalue weighted by Gasteiger charge is -2.36. The summed E-state index contributed by atoms with van der Waals surface area (Å²) >= 11 is 0. The molecule has 3 heteroatoms. The summed E-state index contributed by atoms with van der Waals surface area (Å²) in [7, 11) is 0. The minimum Gasteiger partial charge on any atom is -0.317 e. The zero-order chi connectivity index (χ0) is 22.1. The first-order valence-electron chi connectivity index (χ1n) is 12.9. The van der Waals surface area contributed by atoms with Crippen LogP contribution in [-0.2, 0) is 11.2 Å². The Balaban J connectivity index is 1.64. The van der Waals surface area contributed by atoms with Gasteiger partial charge in [-0.05, 0) is 57.6 Å². The highest BCUT2D eigenvalue weighted by Crippen LogP contribution is 2.29. The van der Waals surface area contributed by atoms with Gasteiger partial charge in [-0.2, -0.15) is 0 Å². The van der Waals surface area contributed by atoms with E-state index < -0.39 is 0 Å². The highest BCUT2D eigenvalue weighted by Gasteiger charge is 2.38. The largest absolute Gasteiger partial charge is 0.317 e. The molecule has 31 heavy (non-hydrogen) atoms. The fourth-order valence-corrected chi connectivity index (χ4v) is 5.27. The summed E-state index contributed by atoms with van der Waals surface area (Å²) in [5.41, 5.74) is 3.52. The van der Waals surface area contributed by atoms with Crippen molar-refractivity contribution >= 4 is 5.91 Å². The highest BCUT2D eigenvalue weighted by atomic mass is 16.2. The quantitative estimate of drug-likeness (QED) is 0.546. The molecule has 2 aliphatic rings. The van der Waals surface area contributed by atoms with Crippen LogP contribution in [0.1, 0.15) is 103 Å². The maximum Gasteiger partial charge on any atom is 0.251 e. The molecule has 1 aliphatic carbocycles. The summed E-state index contributed by atoms with van der Waals surface area (Å²) < 4.78 is 0. The Bertz CT molecular complexity index is 699.